The lowest BCUT2D eigenvalue weighted by molar-refractivity contribution is 0.0912. The molecule has 2 N–H and O–H groups in total. The van der Waals surface area contributed by atoms with Crippen LogP contribution in [0.1, 0.15) is 17.5 Å². The van der Waals surface area contributed by atoms with Crippen molar-refractivity contribution in [1.82, 2.24) is 20.1 Å². The van der Waals surface area contributed by atoms with Crippen molar-refractivity contribution in [1.29, 1.82) is 0 Å². The molecule has 6 heteroatoms. The van der Waals surface area contributed by atoms with Crippen molar-refractivity contribution in [3.63, 3.8) is 0 Å². The highest BCUT2D eigenvalue weighted by Gasteiger charge is 2.13. The summed E-state index contributed by atoms with van der Waals surface area (Å²) >= 11 is 0. The summed E-state index contributed by atoms with van der Waals surface area (Å²) in [5, 5.41) is 15.5. The number of aliphatic hydroxyl groups excluding tert-OH is 1. The average molecular weight is 246 g/mol. The van der Waals surface area contributed by atoms with Crippen LogP contribution < -0.4 is 5.32 Å². The number of hydrogen-bond donors (Lipinski definition) is 2. The monoisotopic (exact) mass is 246 g/mol. The van der Waals surface area contributed by atoms with Gasteiger partial charge in [-0.2, -0.15) is 0 Å². The summed E-state index contributed by atoms with van der Waals surface area (Å²) in [6.45, 7) is 1.58. The molecule has 2 aromatic rings. The van der Waals surface area contributed by atoms with Gasteiger partial charge < -0.3 is 10.4 Å². The van der Waals surface area contributed by atoms with E-state index < -0.39 is 5.91 Å². The Bertz CT molecular complexity index is 524. The molecule has 1 heterocycles. The fourth-order valence-corrected chi connectivity index (χ4v) is 1.41. The van der Waals surface area contributed by atoms with Crippen LogP contribution in [-0.2, 0) is 0 Å². The number of aliphatic hydroxyl groups is 1. The second-order valence-electron chi connectivity index (χ2n) is 3.91. The Morgan fingerprint density at radius 2 is 2.17 bits per heavy atom. The van der Waals surface area contributed by atoms with Gasteiger partial charge in [0.15, 0.2) is 0 Å². The Morgan fingerprint density at radius 1 is 1.44 bits per heavy atom. The largest absolute Gasteiger partial charge is 0.394 e. The summed E-state index contributed by atoms with van der Waals surface area (Å²) < 4.78 is 1.53. The highest BCUT2D eigenvalue weighted by Crippen LogP contribution is 2.04. The van der Waals surface area contributed by atoms with Crippen molar-refractivity contribution >= 4 is 5.91 Å². The molecule has 1 aromatic carbocycles. The first-order valence-corrected chi connectivity index (χ1v) is 5.59. The van der Waals surface area contributed by atoms with Gasteiger partial charge in [0.05, 0.1) is 12.3 Å². The predicted molar refractivity (Wildman–Crippen MR) is 65.4 cm³/mol. The summed E-state index contributed by atoms with van der Waals surface area (Å²) in [7, 11) is 0. The van der Waals surface area contributed by atoms with E-state index in [0.29, 0.717) is 0 Å². The van der Waals surface area contributed by atoms with Crippen LogP contribution in [0, 0.1) is 0 Å². The lowest BCUT2D eigenvalue weighted by Gasteiger charge is -2.07. The van der Waals surface area contributed by atoms with Gasteiger partial charge >= 0.3 is 0 Å². The lowest BCUT2D eigenvalue weighted by Crippen LogP contribution is -2.35. The van der Waals surface area contributed by atoms with Gasteiger partial charge in [0, 0.05) is 6.04 Å². The quantitative estimate of drug-likeness (QED) is 0.817. The second-order valence-corrected chi connectivity index (χ2v) is 3.91. The molecule has 94 valence electrons. The number of carbonyl (C=O) groups is 1. The van der Waals surface area contributed by atoms with Crippen LogP contribution in [0.25, 0.3) is 5.69 Å². The summed E-state index contributed by atoms with van der Waals surface area (Å²) in [5.41, 5.74) is 0.833. The van der Waals surface area contributed by atoms with E-state index in [9.17, 15) is 4.79 Å². The first kappa shape index (κ1) is 12.3. The Hall–Kier alpha value is -2.21. The van der Waals surface area contributed by atoms with Crippen molar-refractivity contribution in [3.8, 4) is 5.69 Å². The summed E-state index contributed by atoms with van der Waals surface area (Å²) in [6.07, 6.45) is 1.48. The fourth-order valence-electron chi connectivity index (χ4n) is 1.41. The van der Waals surface area contributed by atoms with E-state index in [0.717, 1.165) is 5.69 Å². The minimum absolute atomic E-state index is 0.0825. The van der Waals surface area contributed by atoms with E-state index in [1.54, 1.807) is 6.92 Å². The minimum Gasteiger partial charge on any atom is -0.394 e. The standard InChI is InChI=1S/C12H14N4O2/c1-9(7-17)14-12(18)11-13-8-16(15-11)10-5-3-2-4-6-10/h2-6,8-9,17H,7H2,1H3,(H,14,18)/t9-/m0/s1. The van der Waals surface area contributed by atoms with Crippen LogP contribution in [0.5, 0.6) is 0 Å². The molecule has 0 aliphatic carbocycles. The molecule has 0 spiro atoms. The molecule has 0 aliphatic rings. The number of nitrogens with one attached hydrogen (secondary N) is 1. The third-order valence-electron chi connectivity index (χ3n) is 2.37. The number of nitrogens with zero attached hydrogens (tertiary/aromatic N) is 3. The van der Waals surface area contributed by atoms with Crippen LogP contribution in [0.3, 0.4) is 0 Å². The van der Waals surface area contributed by atoms with Crippen LogP contribution in [0.2, 0.25) is 0 Å². The SMILES string of the molecule is C[C@@H](CO)NC(=O)c1ncn(-c2ccccc2)n1. The molecule has 0 radical (unpaired) electrons. The molecule has 18 heavy (non-hydrogen) atoms. The average Bonchev–Trinajstić information content (AvgIpc) is 2.89. The van der Waals surface area contributed by atoms with E-state index in [2.05, 4.69) is 15.4 Å². The highest BCUT2D eigenvalue weighted by molar-refractivity contribution is 5.90. The van der Waals surface area contributed by atoms with Gasteiger partial charge in [0.2, 0.25) is 5.82 Å². The maximum absolute atomic E-state index is 11.7. The molecule has 2 rings (SSSR count). The Balaban J connectivity index is 2.13. The molecule has 1 amide bonds. The van der Waals surface area contributed by atoms with Crippen molar-refractivity contribution in [3.05, 3.63) is 42.5 Å². The Morgan fingerprint density at radius 3 is 2.83 bits per heavy atom. The minimum atomic E-state index is -0.397. The molecule has 6 nitrogen and oxygen atoms in total. The Kier molecular flexibility index (Phi) is 3.69. The van der Waals surface area contributed by atoms with E-state index in [1.165, 1.54) is 11.0 Å². The molecular weight excluding hydrogens is 232 g/mol. The van der Waals surface area contributed by atoms with Crippen LogP contribution in [0.4, 0.5) is 0 Å². The zero-order chi connectivity index (χ0) is 13.0. The van der Waals surface area contributed by atoms with E-state index in [4.69, 9.17) is 5.11 Å². The number of benzene rings is 1. The van der Waals surface area contributed by atoms with Gasteiger partial charge in [0.25, 0.3) is 5.91 Å². The number of rotatable bonds is 4. The summed E-state index contributed by atoms with van der Waals surface area (Å²) in [6, 6.07) is 9.08. The lowest BCUT2D eigenvalue weighted by atomic mass is 10.3. The van der Waals surface area contributed by atoms with Gasteiger partial charge in [-0.25, -0.2) is 9.67 Å². The molecule has 0 saturated carbocycles. The summed E-state index contributed by atoms with van der Waals surface area (Å²) in [5.74, 6) is -0.314. The fraction of sp³-hybridized carbons (Fsp3) is 0.250. The number of amides is 1. The van der Waals surface area contributed by atoms with E-state index >= 15 is 0 Å². The van der Waals surface area contributed by atoms with Crippen molar-refractivity contribution in [2.24, 2.45) is 0 Å². The molecule has 0 unspecified atom stereocenters. The molecule has 0 fully saturated rings. The van der Waals surface area contributed by atoms with Crippen molar-refractivity contribution in [2.45, 2.75) is 13.0 Å². The summed E-state index contributed by atoms with van der Waals surface area (Å²) in [4.78, 5) is 15.6. The highest BCUT2D eigenvalue weighted by atomic mass is 16.3. The zero-order valence-electron chi connectivity index (χ0n) is 9.95. The molecular formula is C12H14N4O2. The van der Waals surface area contributed by atoms with E-state index in [1.807, 2.05) is 30.3 Å². The van der Waals surface area contributed by atoms with Gasteiger partial charge in [-0.3, -0.25) is 4.79 Å². The Labute approximate surface area is 104 Å². The molecule has 0 bridgehead atoms. The van der Waals surface area contributed by atoms with Crippen molar-refractivity contribution in [2.75, 3.05) is 6.61 Å². The molecule has 1 atom stereocenters. The third kappa shape index (κ3) is 2.72. The number of carbonyl (C=O) groups excluding carboxylic acids is 1. The number of hydrogen-bond acceptors (Lipinski definition) is 4. The predicted octanol–water partition coefficient (Wildman–Crippen LogP) is 0.378. The van der Waals surface area contributed by atoms with Crippen molar-refractivity contribution < 1.29 is 9.90 Å². The normalized spacial score (nSPS) is 12.1. The molecule has 1 aromatic heterocycles. The zero-order valence-corrected chi connectivity index (χ0v) is 9.95. The van der Waals surface area contributed by atoms with E-state index in [-0.39, 0.29) is 18.5 Å². The maximum atomic E-state index is 11.7. The topological polar surface area (TPSA) is 80.0 Å². The van der Waals surface area contributed by atoms with Gasteiger partial charge in [-0.05, 0) is 19.1 Å². The number of para-hydroxylation sites is 1. The smallest absolute Gasteiger partial charge is 0.291 e. The van der Waals surface area contributed by atoms with Gasteiger partial charge in [-0.1, -0.05) is 18.2 Å². The first-order chi connectivity index (χ1) is 8.70. The molecule has 0 saturated heterocycles. The molecule has 0 aliphatic heterocycles. The maximum Gasteiger partial charge on any atom is 0.291 e. The third-order valence-corrected chi connectivity index (χ3v) is 2.37. The first-order valence-electron chi connectivity index (χ1n) is 5.59. The van der Waals surface area contributed by atoms with Gasteiger partial charge in [0.1, 0.15) is 6.33 Å². The van der Waals surface area contributed by atoms with Crippen LogP contribution >= 0.6 is 0 Å². The van der Waals surface area contributed by atoms with Crippen LogP contribution in [-0.4, -0.2) is 38.4 Å². The number of aromatic nitrogens is 3. The van der Waals surface area contributed by atoms with Gasteiger partial charge in [-0.15, -0.1) is 5.10 Å². The van der Waals surface area contributed by atoms with Crippen LogP contribution in [0.15, 0.2) is 36.7 Å². The second kappa shape index (κ2) is 5.42.